The zero-order valence-electron chi connectivity index (χ0n) is 12.7. The molecule has 1 rings (SSSR count). The van der Waals surface area contributed by atoms with E-state index in [9.17, 15) is 8.42 Å². The maximum absolute atomic E-state index is 12.2. The SMILES string of the molecule is CC(C)NCCCN(C)S(=O)(=O)NC1(C)CCCC1. The monoisotopic (exact) mass is 291 g/mol. The molecule has 1 fully saturated rings. The van der Waals surface area contributed by atoms with E-state index >= 15 is 0 Å². The van der Waals surface area contributed by atoms with Gasteiger partial charge in [-0.1, -0.05) is 26.7 Å². The van der Waals surface area contributed by atoms with Gasteiger partial charge in [-0.2, -0.15) is 17.4 Å². The van der Waals surface area contributed by atoms with Gasteiger partial charge in [0, 0.05) is 25.2 Å². The van der Waals surface area contributed by atoms with E-state index in [2.05, 4.69) is 23.9 Å². The Balaban J connectivity index is 2.39. The second kappa shape index (κ2) is 7.02. The van der Waals surface area contributed by atoms with E-state index in [4.69, 9.17) is 0 Å². The lowest BCUT2D eigenvalue weighted by atomic mass is 10.0. The van der Waals surface area contributed by atoms with E-state index in [1.54, 1.807) is 7.05 Å². The lowest BCUT2D eigenvalue weighted by Crippen LogP contribution is -2.49. The Bertz CT molecular complexity index is 362. The van der Waals surface area contributed by atoms with Crippen molar-refractivity contribution in [3.63, 3.8) is 0 Å². The molecule has 0 aromatic carbocycles. The molecule has 114 valence electrons. The summed E-state index contributed by atoms with van der Waals surface area (Å²) in [6, 6.07) is 0.442. The van der Waals surface area contributed by atoms with Crippen LogP contribution >= 0.6 is 0 Å². The van der Waals surface area contributed by atoms with Crippen LogP contribution in [0, 0.1) is 0 Å². The third-order valence-corrected chi connectivity index (χ3v) is 5.45. The molecule has 2 N–H and O–H groups in total. The first-order valence-corrected chi connectivity index (χ1v) is 8.68. The van der Waals surface area contributed by atoms with Gasteiger partial charge >= 0.3 is 0 Å². The second-order valence-corrected chi connectivity index (χ2v) is 7.94. The Morgan fingerprint density at radius 2 is 1.84 bits per heavy atom. The van der Waals surface area contributed by atoms with Gasteiger partial charge in [0.15, 0.2) is 0 Å². The zero-order chi connectivity index (χ0) is 14.5. The normalized spacial score (nSPS) is 19.5. The average Bonchev–Trinajstić information content (AvgIpc) is 2.69. The molecule has 0 amide bonds. The van der Waals surface area contributed by atoms with Gasteiger partial charge in [0.05, 0.1) is 0 Å². The summed E-state index contributed by atoms with van der Waals surface area (Å²) in [7, 11) is -1.70. The van der Waals surface area contributed by atoms with Crippen LogP contribution in [-0.2, 0) is 10.2 Å². The van der Waals surface area contributed by atoms with Crippen molar-refractivity contribution in [3.05, 3.63) is 0 Å². The van der Waals surface area contributed by atoms with Crippen LogP contribution in [0.1, 0.15) is 52.9 Å². The molecule has 5 nitrogen and oxygen atoms in total. The van der Waals surface area contributed by atoms with Crippen molar-refractivity contribution in [2.24, 2.45) is 0 Å². The van der Waals surface area contributed by atoms with Gasteiger partial charge in [-0.05, 0) is 32.7 Å². The molecule has 1 aliphatic rings. The fourth-order valence-corrected chi connectivity index (χ4v) is 3.81. The van der Waals surface area contributed by atoms with Gasteiger partial charge in [0.25, 0.3) is 10.2 Å². The molecule has 0 spiro atoms. The zero-order valence-corrected chi connectivity index (χ0v) is 13.5. The number of hydrogen-bond donors (Lipinski definition) is 2. The summed E-state index contributed by atoms with van der Waals surface area (Å²) in [5.41, 5.74) is -0.247. The minimum atomic E-state index is -3.35. The van der Waals surface area contributed by atoms with Crippen molar-refractivity contribution < 1.29 is 8.42 Å². The van der Waals surface area contributed by atoms with Crippen LogP contribution < -0.4 is 10.0 Å². The van der Waals surface area contributed by atoms with Crippen LogP contribution in [0.4, 0.5) is 0 Å². The Labute approximate surface area is 118 Å². The van der Waals surface area contributed by atoms with E-state index in [-0.39, 0.29) is 5.54 Å². The Morgan fingerprint density at radius 3 is 2.37 bits per heavy atom. The van der Waals surface area contributed by atoms with Crippen molar-refractivity contribution in [2.45, 2.75) is 64.5 Å². The van der Waals surface area contributed by atoms with E-state index < -0.39 is 10.2 Å². The number of rotatable bonds is 8. The highest BCUT2D eigenvalue weighted by Gasteiger charge is 2.34. The number of nitrogens with one attached hydrogen (secondary N) is 2. The van der Waals surface area contributed by atoms with Crippen molar-refractivity contribution in [1.82, 2.24) is 14.3 Å². The third-order valence-electron chi connectivity index (χ3n) is 3.70. The Morgan fingerprint density at radius 1 is 1.26 bits per heavy atom. The molecular formula is C13H29N3O2S. The van der Waals surface area contributed by atoms with E-state index in [1.165, 1.54) is 4.31 Å². The molecule has 0 aliphatic heterocycles. The van der Waals surface area contributed by atoms with Crippen molar-refractivity contribution in [2.75, 3.05) is 20.1 Å². The van der Waals surface area contributed by atoms with Gasteiger partial charge < -0.3 is 5.32 Å². The first-order valence-electron chi connectivity index (χ1n) is 7.24. The second-order valence-electron chi connectivity index (χ2n) is 6.16. The van der Waals surface area contributed by atoms with E-state index in [0.29, 0.717) is 12.6 Å². The molecule has 0 radical (unpaired) electrons. The quantitative estimate of drug-likeness (QED) is 0.666. The molecule has 0 aromatic heterocycles. The minimum Gasteiger partial charge on any atom is -0.314 e. The summed E-state index contributed by atoms with van der Waals surface area (Å²) in [5, 5.41) is 3.29. The first-order chi connectivity index (χ1) is 8.75. The van der Waals surface area contributed by atoms with Gasteiger partial charge in [0.1, 0.15) is 0 Å². The highest BCUT2D eigenvalue weighted by atomic mass is 32.2. The lowest BCUT2D eigenvalue weighted by molar-refractivity contribution is 0.387. The van der Waals surface area contributed by atoms with Gasteiger partial charge in [0.2, 0.25) is 0 Å². The minimum absolute atomic E-state index is 0.247. The van der Waals surface area contributed by atoms with Gasteiger partial charge in [-0.25, -0.2) is 0 Å². The summed E-state index contributed by atoms with van der Waals surface area (Å²) in [5.74, 6) is 0. The molecule has 1 saturated carbocycles. The van der Waals surface area contributed by atoms with Crippen molar-refractivity contribution in [1.29, 1.82) is 0 Å². The van der Waals surface area contributed by atoms with Crippen LogP contribution in [0.15, 0.2) is 0 Å². The fraction of sp³-hybridized carbons (Fsp3) is 1.00. The highest BCUT2D eigenvalue weighted by molar-refractivity contribution is 7.87. The molecule has 0 bridgehead atoms. The average molecular weight is 291 g/mol. The van der Waals surface area contributed by atoms with Crippen molar-refractivity contribution >= 4 is 10.2 Å². The predicted octanol–water partition coefficient (Wildman–Crippen LogP) is 1.47. The summed E-state index contributed by atoms with van der Waals surface area (Å²) in [6.45, 7) is 7.57. The van der Waals surface area contributed by atoms with Crippen LogP contribution in [0.3, 0.4) is 0 Å². The third kappa shape index (κ3) is 5.77. The molecule has 6 heteroatoms. The van der Waals surface area contributed by atoms with Crippen LogP contribution in [-0.4, -0.2) is 44.4 Å². The van der Waals surface area contributed by atoms with E-state index in [0.717, 1.165) is 38.6 Å². The molecule has 0 aromatic rings. The summed E-state index contributed by atoms with van der Waals surface area (Å²) >= 11 is 0. The van der Waals surface area contributed by atoms with Crippen LogP contribution in [0.25, 0.3) is 0 Å². The van der Waals surface area contributed by atoms with Crippen LogP contribution in [0.2, 0.25) is 0 Å². The maximum atomic E-state index is 12.2. The standard InChI is InChI=1S/C13H29N3O2S/c1-12(2)14-10-7-11-16(4)19(17,18)15-13(3)8-5-6-9-13/h12,14-15H,5-11H2,1-4H3. The summed E-state index contributed by atoms with van der Waals surface area (Å²) < 4.78 is 28.7. The van der Waals surface area contributed by atoms with Crippen molar-refractivity contribution in [3.8, 4) is 0 Å². The number of nitrogens with zero attached hydrogens (tertiary/aromatic N) is 1. The smallest absolute Gasteiger partial charge is 0.279 e. The highest BCUT2D eigenvalue weighted by Crippen LogP contribution is 2.29. The predicted molar refractivity (Wildman–Crippen MR) is 79.3 cm³/mol. The van der Waals surface area contributed by atoms with Gasteiger partial charge in [-0.3, -0.25) is 0 Å². The summed E-state index contributed by atoms with van der Waals surface area (Å²) in [6.07, 6.45) is 4.93. The van der Waals surface area contributed by atoms with Gasteiger partial charge in [-0.15, -0.1) is 0 Å². The molecule has 0 saturated heterocycles. The molecule has 0 unspecified atom stereocenters. The molecule has 19 heavy (non-hydrogen) atoms. The molecular weight excluding hydrogens is 262 g/mol. The number of hydrogen-bond acceptors (Lipinski definition) is 3. The fourth-order valence-electron chi connectivity index (χ4n) is 2.46. The first kappa shape index (κ1) is 16.9. The molecule has 1 aliphatic carbocycles. The topological polar surface area (TPSA) is 61.4 Å². The Hall–Kier alpha value is -0.170. The molecule has 0 atom stereocenters. The largest absolute Gasteiger partial charge is 0.314 e. The van der Waals surface area contributed by atoms with Crippen LogP contribution in [0.5, 0.6) is 0 Å². The molecule has 0 heterocycles. The summed E-state index contributed by atoms with van der Waals surface area (Å²) in [4.78, 5) is 0. The maximum Gasteiger partial charge on any atom is 0.279 e. The Kier molecular flexibility index (Phi) is 6.23. The van der Waals surface area contributed by atoms with E-state index in [1.807, 2.05) is 6.92 Å². The lowest BCUT2D eigenvalue weighted by Gasteiger charge is -2.28.